The predicted octanol–water partition coefficient (Wildman–Crippen LogP) is 2.74. The molecule has 0 bridgehead atoms. The van der Waals surface area contributed by atoms with Crippen molar-refractivity contribution >= 4 is 21.8 Å². The molecule has 0 spiro atoms. The Bertz CT molecular complexity index is 650. The Morgan fingerprint density at radius 2 is 2.05 bits per heavy atom. The number of nitrogens with zero attached hydrogens (tertiary/aromatic N) is 2. The van der Waals surface area contributed by atoms with Crippen molar-refractivity contribution < 1.29 is 4.79 Å². The number of nitrogens with one attached hydrogen (secondary N) is 1. The van der Waals surface area contributed by atoms with Gasteiger partial charge >= 0.3 is 0 Å². The summed E-state index contributed by atoms with van der Waals surface area (Å²) >= 11 is 3.40. The summed E-state index contributed by atoms with van der Waals surface area (Å²) in [4.78, 5) is 12.4. The van der Waals surface area contributed by atoms with E-state index in [0.717, 1.165) is 10.2 Å². The lowest BCUT2D eigenvalue weighted by molar-refractivity contribution is 0.0883. The molecule has 1 amide bonds. The Kier molecular flexibility index (Phi) is 5.03. The van der Waals surface area contributed by atoms with Gasteiger partial charge in [-0.25, -0.2) is 4.68 Å². The lowest BCUT2D eigenvalue weighted by atomic mass is 9.88. The van der Waals surface area contributed by atoms with Gasteiger partial charge in [-0.3, -0.25) is 4.79 Å². The fourth-order valence-electron chi connectivity index (χ4n) is 1.94. The van der Waals surface area contributed by atoms with Crippen molar-refractivity contribution in [3.63, 3.8) is 0 Å². The zero-order valence-corrected chi connectivity index (χ0v) is 14.6. The molecule has 1 atom stereocenters. The molecular weight excluding hydrogens is 344 g/mol. The van der Waals surface area contributed by atoms with E-state index in [1.165, 1.54) is 0 Å². The molecule has 22 heavy (non-hydrogen) atoms. The summed E-state index contributed by atoms with van der Waals surface area (Å²) in [5, 5.41) is 7.26. The highest BCUT2D eigenvalue weighted by atomic mass is 79.9. The van der Waals surface area contributed by atoms with Crippen LogP contribution in [-0.4, -0.2) is 27.8 Å². The maximum absolute atomic E-state index is 12.4. The number of benzene rings is 1. The Balaban J connectivity index is 2.17. The normalized spacial score (nSPS) is 13.9. The number of nitrogens with two attached hydrogens (primary N) is 1. The third-order valence-electron chi connectivity index (χ3n) is 4.03. The summed E-state index contributed by atoms with van der Waals surface area (Å²) < 4.78 is 2.67. The smallest absolute Gasteiger partial charge is 0.254 e. The maximum atomic E-state index is 12.4. The summed E-state index contributed by atoms with van der Waals surface area (Å²) in [5.41, 5.74) is 6.78. The molecule has 1 heterocycles. The van der Waals surface area contributed by atoms with Crippen LogP contribution >= 0.6 is 15.9 Å². The van der Waals surface area contributed by atoms with E-state index >= 15 is 0 Å². The van der Waals surface area contributed by atoms with Crippen LogP contribution in [0.25, 0.3) is 5.69 Å². The average molecular weight is 365 g/mol. The van der Waals surface area contributed by atoms with Crippen LogP contribution in [0.4, 0.5) is 0 Å². The largest absolute Gasteiger partial charge is 0.345 e. The first-order valence-corrected chi connectivity index (χ1v) is 7.98. The second kappa shape index (κ2) is 6.62. The molecule has 1 aromatic heterocycles. The standard InChI is InChI=1S/C16H21BrN4O/c1-11(2)16(3,10-18)20-15(22)12-8-19-21(9-12)14-6-4-13(17)5-7-14/h4-9,11H,10,18H2,1-3H3,(H,20,22). The number of hydrogen-bond donors (Lipinski definition) is 2. The molecule has 0 saturated carbocycles. The van der Waals surface area contributed by atoms with E-state index in [-0.39, 0.29) is 11.8 Å². The number of rotatable bonds is 5. The molecular formula is C16H21BrN4O. The summed E-state index contributed by atoms with van der Waals surface area (Å²) in [7, 11) is 0. The van der Waals surface area contributed by atoms with Crippen LogP contribution in [0.3, 0.4) is 0 Å². The quantitative estimate of drug-likeness (QED) is 0.856. The van der Waals surface area contributed by atoms with E-state index in [1.807, 2.05) is 45.0 Å². The van der Waals surface area contributed by atoms with Gasteiger partial charge in [0.25, 0.3) is 5.91 Å². The molecule has 6 heteroatoms. The lowest BCUT2D eigenvalue weighted by Crippen LogP contribution is -2.54. The van der Waals surface area contributed by atoms with Crippen molar-refractivity contribution in [1.29, 1.82) is 0 Å². The third-order valence-corrected chi connectivity index (χ3v) is 4.56. The molecule has 1 aromatic carbocycles. The molecule has 5 nitrogen and oxygen atoms in total. The number of hydrogen-bond acceptors (Lipinski definition) is 3. The molecule has 2 rings (SSSR count). The van der Waals surface area contributed by atoms with Gasteiger partial charge in [0, 0.05) is 17.2 Å². The Morgan fingerprint density at radius 3 is 2.59 bits per heavy atom. The molecule has 0 fully saturated rings. The fraction of sp³-hybridized carbons (Fsp3) is 0.375. The van der Waals surface area contributed by atoms with Crippen molar-refractivity contribution in [2.75, 3.05) is 6.54 Å². The number of halogens is 1. The number of aromatic nitrogens is 2. The Labute approximate surface area is 139 Å². The zero-order chi connectivity index (χ0) is 16.3. The minimum absolute atomic E-state index is 0.162. The molecule has 0 aliphatic heterocycles. The molecule has 0 aliphatic rings. The molecule has 2 aromatic rings. The van der Waals surface area contributed by atoms with Gasteiger partial charge in [-0.15, -0.1) is 0 Å². The molecule has 118 valence electrons. The van der Waals surface area contributed by atoms with E-state index in [9.17, 15) is 4.79 Å². The molecule has 0 aliphatic carbocycles. The van der Waals surface area contributed by atoms with Gasteiger partial charge in [0.15, 0.2) is 0 Å². The molecule has 0 radical (unpaired) electrons. The van der Waals surface area contributed by atoms with Crippen molar-refractivity contribution in [3.05, 3.63) is 46.7 Å². The second-order valence-electron chi connectivity index (χ2n) is 5.88. The molecule has 0 saturated heterocycles. The van der Waals surface area contributed by atoms with Crippen LogP contribution in [0.2, 0.25) is 0 Å². The van der Waals surface area contributed by atoms with Crippen molar-refractivity contribution in [1.82, 2.24) is 15.1 Å². The Morgan fingerprint density at radius 1 is 1.41 bits per heavy atom. The average Bonchev–Trinajstić information content (AvgIpc) is 2.97. The van der Waals surface area contributed by atoms with Crippen molar-refractivity contribution in [2.24, 2.45) is 11.7 Å². The van der Waals surface area contributed by atoms with Gasteiger partial charge in [0.1, 0.15) is 0 Å². The monoisotopic (exact) mass is 364 g/mol. The van der Waals surface area contributed by atoms with Gasteiger partial charge in [-0.1, -0.05) is 29.8 Å². The number of carbonyl (C=O) groups excluding carboxylic acids is 1. The third kappa shape index (κ3) is 3.56. The zero-order valence-electron chi connectivity index (χ0n) is 13.0. The van der Waals surface area contributed by atoms with Crippen LogP contribution in [0.1, 0.15) is 31.1 Å². The van der Waals surface area contributed by atoms with Crippen LogP contribution in [0.5, 0.6) is 0 Å². The first-order chi connectivity index (χ1) is 10.4. The minimum Gasteiger partial charge on any atom is -0.345 e. The lowest BCUT2D eigenvalue weighted by Gasteiger charge is -2.33. The first kappa shape index (κ1) is 16.7. The first-order valence-electron chi connectivity index (χ1n) is 7.19. The van der Waals surface area contributed by atoms with E-state index in [4.69, 9.17) is 5.73 Å². The number of carbonyl (C=O) groups is 1. The van der Waals surface area contributed by atoms with Gasteiger partial charge in [0.2, 0.25) is 0 Å². The van der Waals surface area contributed by atoms with Gasteiger partial charge in [0.05, 0.1) is 23.0 Å². The summed E-state index contributed by atoms with van der Waals surface area (Å²) in [5.74, 6) is 0.0768. The second-order valence-corrected chi connectivity index (χ2v) is 6.80. The highest BCUT2D eigenvalue weighted by Gasteiger charge is 2.29. The van der Waals surface area contributed by atoms with Crippen LogP contribution in [0, 0.1) is 5.92 Å². The van der Waals surface area contributed by atoms with E-state index in [2.05, 4.69) is 26.3 Å². The predicted molar refractivity (Wildman–Crippen MR) is 91.0 cm³/mol. The van der Waals surface area contributed by atoms with Gasteiger partial charge in [-0.05, 0) is 37.1 Å². The van der Waals surface area contributed by atoms with E-state index in [0.29, 0.717) is 12.1 Å². The minimum atomic E-state index is -0.434. The molecule has 1 unspecified atom stereocenters. The fourth-order valence-corrected chi connectivity index (χ4v) is 2.20. The van der Waals surface area contributed by atoms with Crippen LogP contribution in [0.15, 0.2) is 41.1 Å². The van der Waals surface area contributed by atoms with Crippen molar-refractivity contribution in [2.45, 2.75) is 26.3 Å². The molecule has 3 N–H and O–H groups in total. The highest BCUT2D eigenvalue weighted by Crippen LogP contribution is 2.17. The highest BCUT2D eigenvalue weighted by molar-refractivity contribution is 9.10. The Hall–Kier alpha value is -1.66. The van der Waals surface area contributed by atoms with Gasteiger partial charge < -0.3 is 11.1 Å². The van der Waals surface area contributed by atoms with Gasteiger partial charge in [-0.2, -0.15) is 5.10 Å². The van der Waals surface area contributed by atoms with Crippen LogP contribution < -0.4 is 11.1 Å². The van der Waals surface area contributed by atoms with E-state index in [1.54, 1.807) is 17.1 Å². The summed E-state index contributed by atoms with van der Waals surface area (Å²) in [6.07, 6.45) is 3.28. The SMILES string of the molecule is CC(C)C(C)(CN)NC(=O)c1cnn(-c2ccc(Br)cc2)c1. The van der Waals surface area contributed by atoms with Crippen LogP contribution in [-0.2, 0) is 0 Å². The topological polar surface area (TPSA) is 72.9 Å². The summed E-state index contributed by atoms with van der Waals surface area (Å²) in [6, 6.07) is 7.72. The number of amides is 1. The maximum Gasteiger partial charge on any atom is 0.254 e. The summed E-state index contributed by atoms with van der Waals surface area (Å²) in [6.45, 7) is 6.42. The van der Waals surface area contributed by atoms with Crippen molar-refractivity contribution in [3.8, 4) is 5.69 Å². The van der Waals surface area contributed by atoms with E-state index < -0.39 is 5.54 Å².